The summed E-state index contributed by atoms with van der Waals surface area (Å²) in [7, 11) is 0. The lowest BCUT2D eigenvalue weighted by Crippen LogP contribution is -2.27. The van der Waals surface area contributed by atoms with Crippen LogP contribution in [0.3, 0.4) is 0 Å². The van der Waals surface area contributed by atoms with Crippen molar-refractivity contribution in [2.24, 2.45) is 5.92 Å². The van der Waals surface area contributed by atoms with Crippen molar-refractivity contribution >= 4 is 11.6 Å². The number of hydrogen-bond donors (Lipinski definition) is 1. The SMILES string of the molecule is C#Cc1cccc(NC(=O)C2CCC2)c1. The molecule has 1 saturated carbocycles. The molecule has 76 valence electrons. The topological polar surface area (TPSA) is 29.1 Å². The Labute approximate surface area is 89.7 Å². The molecule has 0 aliphatic heterocycles. The van der Waals surface area contributed by atoms with Gasteiger partial charge in [-0.05, 0) is 31.0 Å². The first-order valence-electron chi connectivity index (χ1n) is 5.17. The van der Waals surface area contributed by atoms with E-state index in [1.165, 1.54) is 6.42 Å². The fourth-order valence-corrected chi connectivity index (χ4v) is 1.60. The number of benzene rings is 1. The highest BCUT2D eigenvalue weighted by Crippen LogP contribution is 2.27. The normalized spacial score (nSPS) is 15.1. The van der Waals surface area contributed by atoms with Gasteiger partial charge in [0.2, 0.25) is 5.91 Å². The lowest BCUT2D eigenvalue weighted by atomic mass is 9.85. The molecular formula is C13H13NO. The molecule has 1 fully saturated rings. The van der Waals surface area contributed by atoms with Crippen LogP contribution in [0.4, 0.5) is 5.69 Å². The molecule has 0 radical (unpaired) electrons. The molecule has 0 unspecified atom stereocenters. The predicted molar refractivity (Wildman–Crippen MR) is 60.3 cm³/mol. The third-order valence-corrected chi connectivity index (χ3v) is 2.77. The molecular weight excluding hydrogens is 186 g/mol. The van der Waals surface area contributed by atoms with Gasteiger partial charge in [0.15, 0.2) is 0 Å². The minimum atomic E-state index is 0.121. The number of carbonyl (C=O) groups excluding carboxylic acids is 1. The van der Waals surface area contributed by atoms with Crippen molar-refractivity contribution in [1.29, 1.82) is 0 Å². The summed E-state index contributed by atoms with van der Waals surface area (Å²) >= 11 is 0. The van der Waals surface area contributed by atoms with Crippen molar-refractivity contribution in [3.8, 4) is 12.3 Å². The molecule has 2 heteroatoms. The van der Waals surface area contributed by atoms with Crippen LogP contribution in [0.25, 0.3) is 0 Å². The molecule has 1 aromatic rings. The summed E-state index contributed by atoms with van der Waals surface area (Å²) in [4.78, 5) is 11.6. The van der Waals surface area contributed by atoms with Crippen LogP contribution < -0.4 is 5.32 Å². The van der Waals surface area contributed by atoms with Gasteiger partial charge in [-0.3, -0.25) is 4.79 Å². The molecule has 0 aromatic heterocycles. The minimum absolute atomic E-state index is 0.121. The van der Waals surface area contributed by atoms with Gasteiger partial charge >= 0.3 is 0 Å². The van der Waals surface area contributed by atoms with Crippen LogP contribution in [-0.4, -0.2) is 5.91 Å². The first-order chi connectivity index (χ1) is 7.29. The number of amides is 1. The summed E-state index contributed by atoms with van der Waals surface area (Å²) in [6.45, 7) is 0. The predicted octanol–water partition coefficient (Wildman–Crippen LogP) is 2.41. The molecule has 1 aliphatic carbocycles. The van der Waals surface area contributed by atoms with E-state index in [1.54, 1.807) is 0 Å². The summed E-state index contributed by atoms with van der Waals surface area (Å²) in [5.41, 5.74) is 1.59. The fraction of sp³-hybridized carbons (Fsp3) is 0.308. The zero-order valence-corrected chi connectivity index (χ0v) is 8.49. The molecule has 15 heavy (non-hydrogen) atoms. The monoisotopic (exact) mass is 199 g/mol. The standard InChI is InChI=1S/C13H13NO/c1-2-10-5-3-8-12(9-10)14-13(15)11-6-4-7-11/h1,3,5,8-9,11H,4,6-7H2,(H,14,15). The molecule has 1 aromatic carbocycles. The number of carbonyl (C=O) groups is 1. The number of hydrogen-bond acceptors (Lipinski definition) is 1. The van der Waals surface area contributed by atoms with E-state index in [9.17, 15) is 4.79 Å². The van der Waals surface area contributed by atoms with Crippen LogP contribution >= 0.6 is 0 Å². The van der Waals surface area contributed by atoms with Gasteiger partial charge in [0, 0.05) is 17.2 Å². The third kappa shape index (κ3) is 2.19. The molecule has 0 atom stereocenters. The van der Waals surface area contributed by atoms with E-state index in [-0.39, 0.29) is 11.8 Å². The van der Waals surface area contributed by atoms with Crippen molar-refractivity contribution in [2.75, 3.05) is 5.32 Å². The van der Waals surface area contributed by atoms with Gasteiger partial charge < -0.3 is 5.32 Å². The maximum absolute atomic E-state index is 11.6. The Morgan fingerprint density at radius 2 is 2.27 bits per heavy atom. The van der Waals surface area contributed by atoms with Gasteiger partial charge in [0.1, 0.15) is 0 Å². The van der Waals surface area contributed by atoms with Crippen LogP contribution in [0.1, 0.15) is 24.8 Å². The van der Waals surface area contributed by atoms with Gasteiger partial charge in [-0.15, -0.1) is 6.42 Å². The highest BCUT2D eigenvalue weighted by Gasteiger charge is 2.24. The molecule has 0 saturated heterocycles. The average Bonchev–Trinajstić information content (AvgIpc) is 2.15. The van der Waals surface area contributed by atoms with Gasteiger partial charge in [-0.2, -0.15) is 0 Å². The summed E-state index contributed by atoms with van der Waals surface area (Å²) in [6, 6.07) is 7.37. The van der Waals surface area contributed by atoms with Crippen molar-refractivity contribution in [3.63, 3.8) is 0 Å². The summed E-state index contributed by atoms with van der Waals surface area (Å²) in [5.74, 6) is 2.88. The maximum Gasteiger partial charge on any atom is 0.227 e. The number of rotatable bonds is 2. The molecule has 1 aliphatic rings. The van der Waals surface area contributed by atoms with Crippen molar-refractivity contribution < 1.29 is 4.79 Å². The fourth-order valence-electron chi connectivity index (χ4n) is 1.60. The second-order valence-corrected chi connectivity index (χ2v) is 3.84. The lowest BCUT2D eigenvalue weighted by Gasteiger charge is -2.24. The van der Waals surface area contributed by atoms with E-state index in [4.69, 9.17) is 6.42 Å². The van der Waals surface area contributed by atoms with Crippen LogP contribution in [-0.2, 0) is 4.79 Å². The number of anilines is 1. The Morgan fingerprint density at radius 3 is 2.87 bits per heavy atom. The van der Waals surface area contributed by atoms with E-state index in [2.05, 4.69) is 11.2 Å². The molecule has 0 spiro atoms. The van der Waals surface area contributed by atoms with E-state index in [0.29, 0.717) is 0 Å². The van der Waals surface area contributed by atoms with E-state index < -0.39 is 0 Å². The smallest absolute Gasteiger partial charge is 0.227 e. The van der Waals surface area contributed by atoms with Gasteiger partial charge in [0.25, 0.3) is 0 Å². The number of terminal acetylenes is 1. The third-order valence-electron chi connectivity index (χ3n) is 2.77. The highest BCUT2D eigenvalue weighted by atomic mass is 16.1. The molecule has 0 bridgehead atoms. The molecule has 2 rings (SSSR count). The largest absolute Gasteiger partial charge is 0.326 e. The number of nitrogens with one attached hydrogen (secondary N) is 1. The summed E-state index contributed by atoms with van der Waals surface area (Å²) in [5, 5.41) is 2.88. The molecule has 1 amide bonds. The Kier molecular flexibility index (Phi) is 2.73. The highest BCUT2D eigenvalue weighted by molar-refractivity contribution is 5.93. The second kappa shape index (κ2) is 4.18. The zero-order valence-electron chi connectivity index (χ0n) is 8.49. The van der Waals surface area contributed by atoms with E-state index >= 15 is 0 Å². The quantitative estimate of drug-likeness (QED) is 0.728. The van der Waals surface area contributed by atoms with Crippen LogP contribution in [0.2, 0.25) is 0 Å². The molecule has 1 N–H and O–H groups in total. The van der Waals surface area contributed by atoms with Gasteiger partial charge in [-0.25, -0.2) is 0 Å². The second-order valence-electron chi connectivity index (χ2n) is 3.84. The Bertz CT molecular complexity index is 413. The lowest BCUT2D eigenvalue weighted by molar-refractivity contribution is -0.122. The Hall–Kier alpha value is -1.75. The first kappa shape index (κ1) is 9.79. The molecule has 2 nitrogen and oxygen atoms in total. The van der Waals surface area contributed by atoms with Crippen molar-refractivity contribution in [1.82, 2.24) is 0 Å². The van der Waals surface area contributed by atoms with Gasteiger partial charge in [0.05, 0.1) is 0 Å². The summed E-state index contributed by atoms with van der Waals surface area (Å²) in [6.07, 6.45) is 8.48. The Balaban J connectivity index is 2.03. The van der Waals surface area contributed by atoms with Crippen molar-refractivity contribution in [3.05, 3.63) is 29.8 Å². The first-order valence-corrected chi connectivity index (χ1v) is 5.17. The summed E-state index contributed by atoms with van der Waals surface area (Å²) < 4.78 is 0. The molecule has 0 heterocycles. The average molecular weight is 199 g/mol. The minimum Gasteiger partial charge on any atom is -0.326 e. The maximum atomic E-state index is 11.6. The van der Waals surface area contributed by atoms with Gasteiger partial charge in [-0.1, -0.05) is 18.4 Å². The van der Waals surface area contributed by atoms with E-state index in [1.807, 2.05) is 24.3 Å². The van der Waals surface area contributed by atoms with Crippen LogP contribution in [0, 0.1) is 18.3 Å². The van der Waals surface area contributed by atoms with E-state index in [0.717, 1.165) is 24.1 Å². The zero-order chi connectivity index (χ0) is 10.7. The van der Waals surface area contributed by atoms with Crippen LogP contribution in [0.5, 0.6) is 0 Å². The Morgan fingerprint density at radius 1 is 1.47 bits per heavy atom. The van der Waals surface area contributed by atoms with Crippen LogP contribution in [0.15, 0.2) is 24.3 Å². The van der Waals surface area contributed by atoms with Crippen molar-refractivity contribution in [2.45, 2.75) is 19.3 Å².